The van der Waals surface area contributed by atoms with Crippen LogP contribution in [0.2, 0.25) is 0 Å². The highest BCUT2D eigenvalue weighted by Crippen LogP contribution is 2.46. The molecule has 4 nitrogen and oxygen atoms in total. The Hall–Kier alpha value is -6.26. The van der Waals surface area contributed by atoms with Crippen molar-refractivity contribution in [3.63, 3.8) is 0 Å². The van der Waals surface area contributed by atoms with Crippen LogP contribution in [0.15, 0.2) is 133 Å². The van der Waals surface area contributed by atoms with Crippen molar-refractivity contribution in [2.75, 3.05) is 0 Å². The Kier molecular flexibility index (Phi) is 5.47. The number of carbonyl (C=O) groups excluding carboxylic acids is 4. The van der Waals surface area contributed by atoms with Gasteiger partial charge in [0.05, 0.1) is 0 Å². The van der Waals surface area contributed by atoms with Gasteiger partial charge in [0.2, 0.25) is 23.1 Å². The molecule has 0 aromatic heterocycles. The van der Waals surface area contributed by atoms with E-state index in [1.807, 2.05) is 84.9 Å². The number of hydrogen-bond acceptors (Lipinski definition) is 4. The Morgan fingerprint density at radius 3 is 0.913 bits per heavy atom. The Bertz CT molecular complexity index is 2320. The number of carbonyl (C=O) groups is 4. The number of rotatable bonds is 2. The molecule has 0 N–H and O–H groups in total. The lowest BCUT2D eigenvalue weighted by Crippen LogP contribution is -2.21. The molecule has 0 amide bonds. The predicted octanol–water partition coefficient (Wildman–Crippen LogP) is 9.42. The molecule has 0 saturated carbocycles. The van der Waals surface area contributed by atoms with Crippen molar-refractivity contribution in [1.29, 1.82) is 0 Å². The lowest BCUT2D eigenvalue weighted by molar-refractivity contribution is 0.0815. The topological polar surface area (TPSA) is 68.3 Å². The SMILES string of the molecule is O=C1C(=O)c2cc(-c3c4ccccc4c(-c4ccc5c(c4)C(=O)C(=O)c4ccccc4-5)c4ccccc34)ccc2-c2ccccc21. The van der Waals surface area contributed by atoms with Crippen LogP contribution in [0, 0.1) is 0 Å². The van der Waals surface area contributed by atoms with E-state index in [-0.39, 0.29) is 0 Å². The van der Waals surface area contributed by atoms with E-state index in [1.54, 1.807) is 24.3 Å². The van der Waals surface area contributed by atoms with Gasteiger partial charge >= 0.3 is 0 Å². The summed E-state index contributed by atoms with van der Waals surface area (Å²) in [5, 5.41) is 3.88. The average Bonchev–Trinajstić information content (AvgIpc) is 3.11. The lowest BCUT2D eigenvalue weighted by Gasteiger charge is -2.22. The molecule has 0 unspecified atom stereocenters. The number of benzene rings is 7. The summed E-state index contributed by atoms with van der Waals surface area (Å²) >= 11 is 0. The van der Waals surface area contributed by atoms with E-state index in [0.29, 0.717) is 22.3 Å². The maximum atomic E-state index is 13.4. The van der Waals surface area contributed by atoms with Crippen molar-refractivity contribution in [2.45, 2.75) is 0 Å². The van der Waals surface area contributed by atoms with E-state index < -0.39 is 23.1 Å². The number of ketones is 4. The van der Waals surface area contributed by atoms with Crippen molar-refractivity contribution >= 4 is 44.7 Å². The van der Waals surface area contributed by atoms with Crippen LogP contribution in [0.4, 0.5) is 0 Å². The molecule has 9 rings (SSSR count). The van der Waals surface area contributed by atoms with Gasteiger partial charge in [0.25, 0.3) is 0 Å². The van der Waals surface area contributed by atoms with Crippen LogP contribution in [0.3, 0.4) is 0 Å². The first-order chi connectivity index (χ1) is 22.5. The molecule has 0 radical (unpaired) electrons. The monoisotopic (exact) mass is 590 g/mol. The third-order valence-corrected chi connectivity index (χ3v) is 9.37. The standard InChI is InChI=1S/C42H22O4/c43-39-33-15-7-1-9-25(33)27-19-17-23(21-35(27)41(39)45)37-29-11-3-5-13-31(29)38(32-14-6-4-12-30(32)37)24-18-20-28-26-10-2-8-16-34(26)40(44)42(46)36(28)22-24/h1-22H. The molecular weight excluding hydrogens is 568 g/mol. The van der Waals surface area contributed by atoms with E-state index in [9.17, 15) is 19.2 Å². The van der Waals surface area contributed by atoms with Crippen LogP contribution < -0.4 is 0 Å². The van der Waals surface area contributed by atoms with Gasteiger partial charge in [-0.3, -0.25) is 19.2 Å². The molecule has 7 aromatic rings. The molecule has 0 atom stereocenters. The largest absolute Gasteiger partial charge is 0.285 e. The van der Waals surface area contributed by atoms with E-state index >= 15 is 0 Å². The zero-order chi connectivity index (χ0) is 31.1. The Morgan fingerprint density at radius 2 is 0.543 bits per heavy atom. The predicted molar refractivity (Wildman–Crippen MR) is 181 cm³/mol. The third-order valence-electron chi connectivity index (χ3n) is 9.37. The van der Waals surface area contributed by atoms with Crippen molar-refractivity contribution in [2.24, 2.45) is 0 Å². The smallest absolute Gasteiger partial charge is 0.234 e. The van der Waals surface area contributed by atoms with Crippen molar-refractivity contribution in [3.8, 4) is 44.5 Å². The summed E-state index contributed by atoms with van der Waals surface area (Å²) in [6, 6.07) is 42.3. The van der Waals surface area contributed by atoms with E-state index in [2.05, 4.69) is 24.3 Å². The van der Waals surface area contributed by atoms with Crippen molar-refractivity contribution < 1.29 is 19.2 Å². The van der Waals surface area contributed by atoms with Crippen LogP contribution in [-0.2, 0) is 0 Å². The summed E-state index contributed by atoms with van der Waals surface area (Å²) in [7, 11) is 0. The van der Waals surface area contributed by atoms with Gasteiger partial charge in [0, 0.05) is 22.3 Å². The summed E-state index contributed by atoms with van der Waals surface area (Å²) in [5.41, 5.74) is 8.28. The molecule has 0 spiro atoms. The highest BCUT2D eigenvalue weighted by Gasteiger charge is 2.32. The van der Waals surface area contributed by atoms with Crippen LogP contribution in [0.5, 0.6) is 0 Å². The van der Waals surface area contributed by atoms with E-state index in [1.165, 1.54) is 0 Å². The minimum absolute atomic E-state index is 0.400. The molecule has 0 saturated heterocycles. The fraction of sp³-hybridized carbons (Fsp3) is 0. The van der Waals surface area contributed by atoms with Crippen molar-refractivity contribution in [3.05, 3.63) is 156 Å². The minimum Gasteiger partial charge on any atom is -0.285 e. The quantitative estimate of drug-likeness (QED) is 0.149. The summed E-state index contributed by atoms with van der Waals surface area (Å²) < 4.78 is 0. The second kappa shape index (κ2) is 9.62. The Morgan fingerprint density at radius 1 is 0.261 bits per heavy atom. The van der Waals surface area contributed by atoms with Gasteiger partial charge in [-0.1, -0.05) is 121 Å². The fourth-order valence-corrected chi connectivity index (χ4v) is 7.32. The van der Waals surface area contributed by atoms with Gasteiger partial charge in [0.15, 0.2) is 0 Å². The molecule has 2 aliphatic carbocycles. The first-order valence-corrected chi connectivity index (χ1v) is 15.1. The zero-order valence-electron chi connectivity index (χ0n) is 24.3. The van der Waals surface area contributed by atoms with Gasteiger partial charge in [-0.15, -0.1) is 0 Å². The molecule has 0 bridgehead atoms. The molecule has 0 heterocycles. The zero-order valence-corrected chi connectivity index (χ0v) is 24.3. The highest BCUT2D eigenvalue weighted by atomic mass is 16.2. The summed E-state index contributed by atoms with van der Waals surface area (Å²) in [6.07, 6.45) is 0. The molecule has 7 aromatic carbocycles. The van der Waals surface area contributed by atoms with Crippen LogP contribution >= 0.6 is 0 Å². The second-order valence-corrected chi connectivity index (χ2v) is 11.8. The van der Waals surface area contributed by atoms with Gasteiger partial charge in [-0.2, -0.15) is 0 Å². The fourth-order valence-electron chi connectivity index (χ4n) is 7.32. The molecule has 4 heteroatoms. The van der Waals surface area contributed by atoms with Gasteiger partial charge in [-0.25, -0.2) is 0 Å². The van der Waals surface area contributed by atoms with Gasteiger partial charge < -0.3 is 0 Å². The molecule has 214 valence electrons. The van der Waals surface area contributed by atoms with Crippen LogP contribution in [-0.4, -0.2) is 23.1 Å². The summed E-state index contributed by atoms with van der Waals surface area (Å²) in [4.78, 5) is 52.9. The normalized spacial score (nSPS) is 13.4. The van der Waals surface area contributed by atoms with Crippen molar-refractivity contribution in [1.82, 2.24) is 0 Å². The molecule has 2 aliphatic rings. The molecular formula is C42H22O4. The summed E-state index contributed by atoms with van der Waals surface area (Å²) in [6.45, 7) is 0. The maximum Gasteiger partial charge on any atom is 0.234 e. The number of Topliss-reactive ketones (excluding diaryl/α,β-unsaturated/α-hetero) is 4. The van der Waals surface area contributed by atoms with Crippen LogP contribution in [0.1, 0.15) is 41.4 Å². The Labute approximate surface area is 263 Å². The second-order valence-electron chi connectivity index (χ2n) is 11.8. The Balaban J connectivity index is 1.30. The summed E-state index contributed by atoms with van der Waals surface area (Å²) in [5.74, 6) is -1.99. The van der Waals surface area contributed by atoms with E-state index in [4.69, 9.17) is 0 Å². The minimum atomic E-state index is -0.504. The first kappa shape index (κ1) is 26.2. The molecule has 0 aliphatic heterocycles. The molecule has 0 fully saturated rings. The van der Waals surface area contributed by atoms with Gasteiger partial charge in [-0.05, 0) is 78.2 Å². The molecule has 46 heavy (non-hydrogen) atoms. The third kappa shape index (κ3) is 3.55. The van der Waals surface area contributed by atoms with Gasteiger partial charge in [0.1, 0.15) is 0 Å². The first-order valence-electron chi connectivity index (χ1n) is 15.1. The number of hydrogen-bond donors (Lipinski definition) is 0. The maximum absolute atomic E-state index is 13.4. The number of fused-ring (bicyclic) bond motifs is 8. The lowest BCUT2D eigenvalue weighted by atomic mass is 9.80. The van der Waals surface area contributed by atoms with Crippen LogP contribution in [0.25, 0.3) is 66.1 Å². The van der Waals surface area contributed by atoms with E-state index in [0.717, 1.165) is 66.1 Å². The average molecular weight is 591 g/mol. The highest BCUT2D eigenvalue weighted by molar-refractivity contribution is 6.53.